The summed E-state index contributed by atoms with van der Waals surface area (Å²) in [6.07, 6.45) is 0.567. The number of ether oxygens (including phenoxy) is 1. The molecule has 4 aromatic rings. The predicted molar refractivity (Wildman–Crippen MR) is 153 cm³/mol. The number of hydrogen-bond acceptors (Lipinski definition) is 4. The van der Waals surface area contributed by atoms with Crippen LogP contribution in [0, 0.1) is 10.8 Å². The summed E-state index contributed by atoms with van der Waals surface area (Å²) in [7, 11) is 0. The third-order valence-electron chi connectivity index (χ3n) is 7.68. The van der Waals surface area contributed by atoms with Gasteiger partial charge in [-0.15, -0.1) is 0 Å². The Morgan fingerprint density at radius 1 is 0.872 bits per heavy atom. The van der Waals surface area contributed by atoms with Crippen molar-refractivity contribution in [3.05, 3.63) is 72.8 Å². The highest BCUT2D eigenvalue weighted by Gasteiger charge is 2.42. The zero-order chi connectivity index (χ0) is 27.8. The lowest BCUT2D eigenvalue weighted by Gasteiger charge is -2.46. The molecule has 1 fully saturated rings. The lowest BCUT2D eigenvalue weighted by Crippen LogP contribution is -2.50. The molecule has 1 saturated carbocycles. The van der Waals surface area contributed by atoms with E-state index in [2.05, 4.69) is 31.4 Å². The van der Waals surface area contributed by atoms with E-state index in [0.717, 1.165) is 34.4 Å². The van der Waals surface area contributed by atoms with Crippen LogP contribution in [0.1, 0.15) is 40.0 Å². The summed E-state index contributed by atoms with van der Waals surface area (Å²) in [4.78, 5) is 24.5. The molecule has 1 aliphatic carbocycles. The van der Waals surface area contributed by atoms with Gasteiger partial charge in [0.1, 0.15) is 11.5 Å². The molecule has 2 unspecified atom stereocenters. The molecule has 7 nitrogen and oxygen atoms in total. The number of amides is 2. The van der Waals surface area contributed by atoms with Gasteiger partial charge < -0.3 is 25.6 Å². The normalized spacial score (nSPS) is 20.4. The second kappa shape index (κ2) is 10.1. The first kappa shape index (κ1) is 26.4. The van der Waals surface area contributed by atoms with Crippen molar-refractivity contribution >= 4 is 33.7 Å². The Morgan fingerprint density at radius 2 is 1.49 bits per heavy atom. The van der Waals surface area contributed by atoms with Gasteiger partial charge in [-0.2, -0.15) is 0 Å². The van der Waals surface area contributed by atoms with Crippen LogP contribution in [0.15, 0.2) is 72.8 Å². The van der Waals surface area contributed by atoms with Gasteiger partial charge in [0.25, 0.3) is 0 Å². The molecular formula is C32H34N2O5. The highest BCUT2D eigenvalue weighted by atomic mass is 16.6. The minimum atomic E-state index is -1.03. The van der Waals surface area contributed by atoms with Crippen LogP contribution in [0.4, 0.5) is 9.59 Å². The maximum Gasteiger partial charge on any atom is 0.412 e. The van der Waals surface area contributed by atoms with Gasteiger partial charge in [-0.3, -0.25) is 0 Å². The Labute approximate surface area is 227 Å². The molecule has 4 aromatic carbocycles. The van der Waals surface area contributed by atoms with Gasteiger partial charge in [0.05, 0.1) is 0 Å². The third-order valence-corrected chi connectivity index (χ3v) is 7.68. The zero-order valence-corrected chi connectivity index (χ0v) is 22.5. The van der Waals surface area contributed by atoms with Gasteiger partial charge in [-0.1, -0.05) is 81.4 Å². The lowest BCUT2D eigenvalue weighted by atomic mass is 9.62. The number of nitrogens with one attached hydrogen (secondary N) is 2. The number of carbonyl (C=O) groups is 2. The Kier molecular flexibility index (Phi) is 6.85. The van der Waals surface area contributed by atoms with Crippen molar-refractivity contribution in [1.29, 1.82) is 0 Å². The number of phenols is 1. The SMILES string of the molecule is CC1(C)CC(NC(=O)O)CC(C)(CNC(=O)Oc2ccc3ccccc3c2-c2c(O)ccc3ccccc23)C1. The summed E-state index contributed by atoms with van der Waals surface area (Å²) in [5.74, 6) is 0.446. The van der Waals surface area contributed by atoms with Gasteiger partial charge >= 0.3 is 12.2 Å². The number of aromatic hydroxyl groups is 1. The molecule has 0 heterocycles. The fraction of sp³-hybridized carbons (Fsp3) is 0.312. The first-order valence-electron chi connectivity index (χ1n) is 13.2. The Hall–Kier alpha value is -4.26. The molecule has 202 valence electrons. The largest absolute Gasteiger partial charge is 0.507 e. The second-order valence-corrected chi connectivity index (χ2v) is 11.8. The lowest BCUT2D eigenvalue weighted by molar-refractivity contribution is 0.0695. The number of carbonyl (C=O) groups excluding carboxylic acids is 1. The molecule has 1 aliphatic rings. The van der Waals surface area contributed by atoms with Crippen molar-refractivity contribution in [2.45, 2.75) is 46.1 Å². The van der Waals surface area contributed by atoms with E-state index in [1.165, 1.54) is 0 Å². The molecule has 2 amide bonds. The number of benzene rings is 4. The smallest absolute Gasteiger partial charge is 0.412 e. The molecule has 2 atom stereocenters. The fourth-order valence-corrected chi connectivity index (χ4v) is 6.58. The van der Waals surface area contributed by atoms with Crippen LogP contribution < -0.4 is 15.4 Å². The monoisotopic (exact) mass is 526 g/mol. The Morgan fingerprint density at radius 3 is 2.15 bits per heavy atom. The molecule has 0 aliphatic heterocycles. The van der Waals surface area contributed by atoms with Crippen LogP contribution in [0.25, 0.3) is 32.7 Å². The minimum Gasteiger partial charge on any atom is -0.507 e. The van der Waals surface area contributed by atoms with Crippen LogP contribution >= 0.6 is 0 Å². The van der Waals surface area contributed by atoms with Crippen molar-refractivity contribution in [3.8, 4) is 22.6 Å². The number of hydrogen-bond donors (Lipinski definition) is 4. The summed E-state index contributed by atoms with van der Waals surface area (Å²) < 4.78 is 5.92. The van der Waals surface area contributed by atoms with Crippen LogP contribution in [0.3, 0.4) is 0 Å². The van der Waals surface area contributed by atoms with Crippen molar-refractivity contribution < 1.29 is 24.5 Å². The molecule has 0 saturated heterocycles. The number of fused-ring (bicyclic) bond motifs is 2. The first-order chi connectivity index (χ1) is 18.5. The van der Waals surface area contributed by atoms with Crippen molar-refractivity contribution in [3.63, 3.8) is 0 Å². The highest BCUT2D eigenvalue weighted by molar-refractivity contribution is 6.10. The van der Waals surface area contributed by atoms with E-state index in [-0.39, 0.29) is 22.6 Å². The highest BCUT2D eigenvalue weighted by Crippen LogP contribution is 2.47. The summed E-state index contributed by atoms with van der Waals surface area (Å²) >= 11 is 0. The molecule has 0 radical (unpaired) electrons. The summed E-state index contributed by atoms with van der Waals surface area (Å²) in [6.45, 7) is 6.66. The van der Waals surface area contributed by atoms with Gasteiger partial charge in [0.15, 0.2) is 0 Å². The number of rotatable bonds is 5. The van der Waals surface area contributed by atoms with E-state index >= 15 is 0 Å². The molecular weight excluding hydrogens is 492 g/mol. The van der Waals surface area contributed by atoms with E-state index in [0.29, 0.717) is 29.8 Å². The van der Waals surface area contributed by atoms with Crippen molar-refractivity contribution in [2.24, 2.45) is 10.8 Å². The number of phenolic OH excluding ortho intramolecular Hbond substituents is 1. The predicted octanol–water partition coefficient (Wildman–Crippen LogP) is 7.31. The average molecular weight is 527 g/mol. The molecule has 0 bridgehead atoms. The zero-order valence-electron chi connectivity index (χ0n) is 22.5. The maximum atomic E-state index is 13.2. The average Bonchev–Trinajstić information content (AvgIpc) is 2.86. The van der Waals surface area contributed by atoms with Gasteiger partial charge in [0, 0.05) is 23.7 Å². The van der Waals surface area contributed by atoms with Gasteiger partial charge in [-0.25, -0.2) is 9.59 Å². The summed E-state index contributed by atoms with van der Waals surface area (Å²) in [5, 5.41) is 29.5. The fourth-order valence-electron chi connectivity index (χ4n) is 6.58. The van der Waals surface area contributed by atoms with Gasteiger partial charge in [-0.05, 0) is 63.8 Å². The number of carboxylic acid groups (broad SMARTS) is 1. The van der Waals surface area contributed by atoms with Crippen LogP contribution in [-0.2, 0) is 0 Å². The van der Waals surface area contributed by atoms with Crippen LogP contribution in [0.2, 0.25) is 0 Å². The van der Waals surface area contributed by atoms with E-state index in [4.69, 9.17) is 4.74 Å². The molecule has 39 heavy (non-hydrogen) atoms. The van der Waals surface area contributed by atoms with Crippen LogP contribution in [0.5, 0.6) is 11.5 Å². The summed E-state index contributed by atoms with van der Waals surface area (Å²) in [5.41, 5.74) is 0.862. The topological polar surface area (TPSA) is 108 Å². The third kappa shape index (κ3) is 5.62. The van der Waals surface area contributed by atoms with Gasteiger partial charge in [0.2, 0.25) is 0 Å². The maximum absolute atomic E-state index is 13.2. The molecule has 4 N–H and O–H groups in total. The van der Waals surface area contributed by atoms with Crippen molar-refractivity contribution in [1.82, 2.24) is 10.6 Å². The molecule has 7 heteroatoms. The standard InChI is InChI=1S/C32H34N2O5/c1-31(2)16-22(34-29(36)37)17-32(3,18-31)19-33-30(38)39-26-15-13-21-9-5-7-11-24(21)28(26)27-23-10-6-4-8-20(23)12-14-25(27)35/h4-15,22,34-35H,16-19H2,1-3H3,(H,33,38)(H,36,37). The Balaban J connectivity index is 1.45. The Bertz CT molecular complexity index is 1560. The summed E-state index contributed by atoms with van der Waals surface area (Å²) in [6, 6.07) is 22.6. The van der Waals surface area contributed by atoms with Crippen LogP contribution in [-0.4, -0.2) is 35.0 Å². The van der Waals surface area contributed by atoms with E-state index in [1.807, 2.05) is 60.7 Å². The van der Waals surface area contributed by atoms with E-state index in [1.54, 1.807) is 12.1 Å². The minimum absolute atomic E-state index is 0.0802. The molecule has 5 rings (SSSR count). The molecule has 0 aromatic heterocycles. The van der Waals surface area contributed by atoms with Crippen molar-refractivity contribution in [2.75, 3.05) is 6.54 Å². The van der Waals surface area contributed by atoms with E-state index < -0.39 is 12.2 Å². The van der Waals surface area contributed by atoms with E-state index in [9.17, 15) is 19.8 Å². The quantitative estimate of drug-likeness (QED) is 0.218. The second-order valence-electron chi connectivity index (χ2n) is 11.8. The molecule has 0 spiro atoms. The first-order valence-corrected chi connectivity index (χ1v) is 13.2.